The second kappa shape index (κ2) is 5.21. The van der Waals surface area contributed by atoms with Gasteiger partial charge in [-0.3, -0.25) is 9.59 Å². The Labute approximate surface area is 85.1 Å². The second-order valence-corrected chi connectivity index (χ2v) is 4.22. The number of carboxylic acid groups (broad SMARTS) is 2. The van der Waals surface area contributed by atoms with Crippen LogP contribution in [0.3, 0.4) is 0 Å². The number of hydrogen-bond donors (Lipinski definition) is 2. The van der Waals surface area contributed by atoms with E-state index in [4.69, 9.17) is 10.2 Å². The van der Waals surface area contributed by atoms with Crippen molar-refractivity contribution in [3.05, 3.63) is 0 Å². The van der Waals surface area contributed by atoms with Crippen LogP contribution in [0.15, 0.2) is 0 Å². The van der Waals surface area contributed by atoms with Gasteiger partial charge in [-0.15, -0.1) is 0 Å². The Kier molecular flexibility index (Phi) is 4.98. The Hall–Kier alpha value is -0.580. The molecule has 0 aromatic carbocycles. The molecule has 0 radical (unpaired) electrons. The molecule has 0 bridgehead atoms. The van der Waals surface area contributed by atoms with Crippen molar-refractivity contribution in [2.45, 2.75) is 36.9 Å². The standard InChI is InChI=1S/C8H13BrO4/c1-2-3-4-5-8(9,6(10)11)7(12)13/h2-5H2,1H3,(H,10,11)(H,12,13). The van der Waals surface area contributed by atoms with Crippen molar-refractivity contribution in [3.8, 4) is 0 Å². The van der Waals surface area contributed by atoms with Gasteiger partial charge >= 0.3 is 11.9 Å². The summed E-state index contributed by atoms with van der Waals surface area (Å²) in [6, 6.07) is 0. The maximum atomic E-state index is 10.6. The lowest BCUT2D eigenvalue weighted by atomic mass is 10.0. The largest absolute Gasteiger partial charge is 0.480 e. The van der Waals surface area contributed by atoms with Crippen LogP contribution in [0, 0.1) is 0 Å². The molecule has 4 nitrogen and oxygen atoms in total. The summed E-state index contributed by atoms with van der Waals surface area (Å²) in [5.74, 6) is -2.67. The highest BCUT2D eigenvalue weighted by Crippen LogP contribution is 2.26. The van der Waals surface area contributed by atoms with Crippen LogP contribution in [0.4, 0.5) is 0 Å². The fourth-order valence-electron chi connectivity index (χ4n) is 0.924. The van der Waals surface area contributed by atoms with Crippen molar-refractivity contribution < 1.29 is 19.8 Å². The van der Waals surface area contributed by atoms with Crippen LogP contribution in [0.5, 0.6) is 0 Å². The van der Waals surface area contributed by atoms with Gasteiger partial charge in [-0.25, -0.2) is 0 Å². The molecule has 0 amide bonds. The van der Waals surface area contributed by atoms with E-state index in [0.717, 1.165) is 12.8 Å². The smallest absolute Gasteiger partial charge is 0.332 e. The Morgan fingerprint density at radius 3 is 2.00 bits per heavy atom. The SMILES string of the molecule is CCCCCC(Br)(C(=O)O)C(=O)O. The number of rotatable bonds is 6. The molecule has 2 N–H and O–H groups in total. The molecule has 0 aromatic heterocycles. The van der Waals surface area contributed by atoms with Crippen LogP contribution in [0.2, 0.25) is 0 Å². The normalized spacial score (nSPS) is 11.2. The molecule has 0 unspecified atom stereocenters. The van der Waals surface area contributed by atoms with E-state index >= 15 is 0 Å². The van der Waals surface area contributed by atoms with Gasteiger partial charge in [0.2, 0.25) is 4.32 Å². The van der Waals surface area contributed by atoms with Crippen molar-refractivity contribution >= 4 is 27.9 Å². The van der Waals surface area contributed by atoms with Crippen LogP contribution in [0.1, 0.15) is 32.6 Å². The molecule has 0 heterocycles. The molecule has 0 spiro atoms. The molecule has 0 saturated heterocycles. The molecule has 0 aliphatic carbocycles. The summed E-state index contributed by atoms with van der Waals surface area (Å²) < 4.78 is -1.80. The van der Waals surface area contributed by atoms with Crippen molar-refractivity contribution in [2.75, 3.05) is 0 Å². The van der Waals surface area contributed by atoms with Crippen molar-refractivity contribution in [1.29, 1.82) is 0 Å². The first-order valence-corrected chi connectivity index (χ1v) is 4.90. The first-order chi connectivity index (χ1) is 5.95. The topological polar surface area (TPSA) is 74.6 Å². The van der Waals surface area contributed by atoms with E-state index in [1.54, 1.807) is 0 Å². The van der Waals surface area contributed by atoms with Crippen molar-refractivity contribution in [3.63, 3.8) is 0 Å². The Morgan fingerprint density at radius 2 is 1.69 bits per heavy atom. The monoisotopic (exact) mass is 252 g/mol. The quantitative estimate of drug-likeness (QED) is 0.430. The zero-order valence-electron chi connectivity index (χ0n) is 7.42. The summed E-state index contributed by atoms with van der Waals surface area (Å²) in [5.41, 5.74) is 0. The molecule has 0 saturated carbocycles. The minimum Gasteiger partial charge on any atom is -0.480 e. The van der Waals surface area contributed by atoms with Gasteiger partial charge in [-0.1, -0.05) is 42.1 Å². The van der Waals surface area contributed by atoms with Crippen molar-refractivity contribution in [2.24, 2.45) is 0 Å². The van der Waals surface area contributed by atoms with Crippen LogP contribution in [0.25, 0.3) is 0 Å². The van der Waals surface area contributed by atoms with Gasteiger partial charge < -0.3 is 10.2 Å². The van der Waals surface area contributed by atoms with Gasteiger partial charge in [0.05, 0.1) is 0 Å². The molecule has 0 aromatic rings. The number of carbonyl (C=O) groups is 2. The van der Waals surface area contributed by atoms with E-state index in [9.17, 15) is 9.59 Å². The molecule has 0 atom stereocenters. The van der Waals surface area contributed by atoms with E-state index in [1.807, 2.05) is 6.92 Å². The van der Waals surface area contributed by atoms with Crippen LogP contribution >= 0.6 is 15.9 Å². The number of carboxylic acids is 2. The highest BCUT2D eigenvalue weighted by Gasteiger charge is 2.43. The summed E-state index contributed by atoms with van der Waals surface area (Å²) in [6.07, 6.45) is 2.49. The molecule has 0 rings (SSSR count). The lowest BCUT2D eigenvalue weighted by Gasteiger charge is -2.16. The Balaban J connectivity index is 4.26. The van der Waals surface area contributed by atoms with Gasteiger partial charge in [0, 0.05) is 0 Å². The third kappa shape index (κ3) is 3.34. The molecular formula is C8H13BrO4. The van der Waals surface area contributed by atoms with Crippen LogP contribution < -0.4 is 0 Å². The highest BCUT2D eigenvalue weighted by molar-refractivity contribution is 9.10. The van der Waals surface area contributed by atoms with E-state index in [-0.39, 0.29) is 6.42 Å². The molecule has 0 aliphatic heterocycles. The fourth-order valence-corrected chi connectivity index (χ4v) is 1.20. The van der Waals surface area contributed by atoms with Gasteiger partial charge in [-0.2, -0.15) is 0 Å². The third-order valence-electron chi connectivity index (χ3n) is 1.80. The van der Waals surface area contributed by atoms with Gasteiger partial charge in [-0.05, 0) is 6.42 Å². The number of aliphatic carboxylic acids is 2. The molecule has 13 heavy (non-hydrogen) atoms. The maximum Gasteiger partial charge on any atom is 0.332 e. The first-order valence-electron chi connectivity index (χ1n) is 4.11. The van der Waals surface area contributed by atoms with Gasteiger partial charge in [0.25, 0.3) is 0 Å². The lowest BCUT2D eigenvalue weighted by molar-refractivity contribution is -0.151. The van der Waals surface area contributed by atoms with Crippen LogP contribution in [-0.4, -0.2) is 26.5 Å². The van der Waals surface area contributed by atoms with Crippen LogP contribution in [-0.2, 0) is 9.59 Å². The number of halogens is 1. The summed E-state index contributed by atoms with van der Waals surface area (Å²) in [5, 5.41) is 17.3. The summed E-state index contributed by atoms with van der Waals surface area (Å²) >= 11 is 2.75. The molecule has 0 fully saturated rings. The zero-order valence-corrected chi connectivity index (χ0v) is 9.00. The van der Waals surface area contributed by atoms with E-state index in [0.29, 0.717) is 6.42 Å². The van der Waals surface area contributed by atoms with Gasteiger partial charge in [0.1, 0.15) is 0 Å². The molecule has 76 valence electrons. The maximum absolute atomic E-state index is 10.6. The predicted molar refractivity (Wildman–Crippen MR) is 51.1 cm³/mol. The summed E-state index contributed by atoms with van der Waals surface area (Å²) in [6.45, 7) is 1.97. The number of hydrogen-bond acceptors (Lipinski definition) is 2. The minimum absolute atomic E-state index is 0.117. The lowest BCUT2D eigenvalue weighted by Crippen LogP contribution is -2.40. The first kappa shape index (κ1) is 12.4. The second-order valence-electron chi connectivity index (χ2n) is 2.87. The third-order valence-corrected chi connectivity index (χ3v) is 2.88. The number of unbranched alkanes of at least 4 members (excludes halogenated alkanes) is 2. The fraction of sp³-hybridized carbons (Fsp3) is 0.750. The predicted octanol–water partition coefficient (Wildman–Crippen LogP) is 1.87. The Bertz CT molecular complexity index is 188. The van der Waals surface area contributed by atoms with E-state index in [2.05, 4.69) is 15.9 Å². The minimum atomic E-state index is -1.80. The number of alkyl halides is 1. The zero-order chi connectivity index (χ0) is 10.5. The van der Waals surface area contributed by atoms with Gasteiger partial charge in [0.15, 0.2) is 0 Å². The molecular weight excluding hydrogens is 240 g/mol. The summed E-state index contributed by atoms with van der Waals surface area (Å²) in [7, 11) is 0. The molecule has 5 heteroatoms. The average molecular weight is 253 g/mol. The van der Waals surface area contributed by atoms with Crippen molar-refractivity contribution in [1.82, 2.24) is 0 Å². The molecule has 0 aliphatic rings. The average Bonchev–Trinajstić information content (AvgIpc) is 2.03. The van der Waals surface area contributed by atoms with E-state index in [1.165, 1.54) is 0 Å². The highest BCUT2D eigenvalue weighted by atomic mass is 79.9. The Morgan fingerprint density at radius 1 is 1.23 bits per heavy atom. The summed E-state index contributed by atoms with van der Waals surface area (Å²) in [4.78, 5) is 21.3. The van der Waals surface area contributed by atoms with E-state index < -0.39 is 16.3 Å².